The van der Waals surface area contributed by atoms with E-state index < -0.39 is 40.8 Å². The van der Waals surface area contributed by atoms with Gasteiger partial charge in [-0.15, -0.1) is 0 Å². The lowest BCUT2D eigenvalue weighted by Crippen LogP contribution is -2.35. The smallest absolute Gasteiger partial charge is 0.371 e. The minimum Gasteiger partial charge on any atom is -0.371 e. The summed E-state index contributed by atoms with van der Waals surface area (Å²) in [6.45, 7) is 0.964. The lowest BCUT2D eigenvalue weighted by atomic mass is 9.93. The first-order valence-corrected chi connectivity index (χ1v) is 14.1. The highest BCUT2D eigenvalue weighted by atomic mass is 32.2. The van der Waals surface area contributed by atoms with Gasteiger partial charge in [-0.3, -0.25) is 9.59 Å². The maximum atomic E-state index is 13.4. The van der Waals surface area contributed by atoms with Crippen LogP contribution in [0.15, 0.2) is 41.3 Å². The molecule has 1 saturated carbocycles. The summed E-state index contributed by atoms with van der Waals surface area (Å²) < 4.78 is 62.7. The molecule has 1 spiro atoms. The predicted molar refractivity (Wildman–Crippen MR) is 134 cm³/mol. The molecule has 1 N–H and O–H groups in total. The Balaban J connectivity index is 1.40. The van der Waals surface area contributed by atoms with Crippen molar-refractivity contribution in [3.05, 3.63) is 47.5 Å². The number of fused-ring (bicyclic) bond motifs is 1. The van der Waals surface area contributed by atoms with E-state index in [-0.39, 0.29) is 11.3 Å². The van der Waals surface area contributed by atoms with Crippen LogP contribution in [-0.2, 0) is 21.1 Å². The van der Waals surface area contributed by atoms with Crippen LogP contribution >= 0.6 is 0 Å². The van der Waals surface area contributed by atoms with E-state index in [0.29, 0.717) is 33.6 Å². The third kappa shape index (κ3) is 5.46. The SMILES string of the molecule is CS(=O)(=O)c1ccc(C(=O)Nc2ccc3c(c2)N(CCC(F)(F)F)C(=O)C3)c(N2CCC3(CC2)CC3)c1. The van der Waals surface area contributed by atoms with Gasteiger partial charge >= 0.3 is 6.18 Å². The maximum Gasteiger partial charge on any atom is 0.390 e. The van der Waals surface area contributed by atoms with Crippen molar-refractivity contribution < 1.29 is 31.2 Å². The first kappa shape index (κ1) is 25.6. The molecular formula is C26H28F3N3O4S. The number of nitrogens with zero attached hydrogens (tertiary/aromatic N) is 2. The summed E-state index contributed by atoms with van der Waals surface area (Å²) in [7, 11) is -3.49. The first-order valence-electron chi connectivity index (χ1n) is 12.2. The number of halogens is 3. The molecule has 2 aromatic carbocycles. The van der Waals surface area contributed by atoms with E-state index in [4.69, 9.17) is 0 Å². The number of piperidine rings is 1. The highest BCUT2D eigenvalue weighted by Crippen LogP contribution is 2.54. The van der Waals surface area contributed by atoms with Gasteiger partial charge in [0.25, 0.3) is 5.91 Å². The summed E-state index contributed by atoms with van der Waals surface area (Å²) in [4.78, 5) is 28.9. The van der Waals surface area contributed by atoms with E-state index in [0.717, 1.165) is 37.1 Å². The second-order valence-corrected chi connectivity index (χ2v) is 12.3. The van der Waals surface area contributed by atoms with Crippen LogP contribution in [0.4, 0.5) is 30.2 Å². The fourth-order valence-corrected chi connectivity index (χ4v) is 5.85. The zero-order chi connectivity index (χ0) is 26.6. The number of nitrogens with one attached hydrogen (secondary N) is 1. The van der Waals surface area contributed by atoms with Crippen LogP contribution in [0.3, 0.4) is 0 Å². The highest BCUT2D eigenvalue weighted by molar-refractivity contribution is 7.90. The normalized spacial score (nSPS) is 18.8. The Bertz CT molecular complexity index is 1360. The second-order valence-electron chi connectivity index (χ2n) is 10.3. The van der Waals surface area contributed by atoms with Crippen molar-refractivity contribution in [2.45, 2.75) is 49.6 Å². The standard InChI is InChI=1S/C26H28F3N3O4S/c1-37(35,36)19-4-5-20(22(16-19)31-11-8-25(6-7-25)9-12-31)24(34)30-18-3-2-17-14-23(33)32(21(17)15-18)13-10-26(27,28)29/h2-5,15-16H,6-14H2,1H3,(H,30,34). The van der Waals surface area contributed by atoms with E-state index >= 15 is 0 Å². The molecule has 5 rings (SSSR count). The van der Waals surface area contributed by atoms with Crippen LogP contribution in [0.25, 0.3) is 0 Å². The van der Waals surface area contributed by atoms with Crippen LogP contribution in [0.2, 0.25) is 0 Å². The van der Waals surface area contributed by atoms with Crippen molar-refractivity contribution in [2.75, 3.05) is 41.0 Å². The molecule has 0 atom stereocenters. The summed E-state index contributed by atoms with van der Waals surface area (Å²) in [5.74, 6) is -0.882. The van der Waals surface area contributed by atoms with Crippen LogP contribution in [0, 0.1) is 5.41 Å². The van der Waals surface area contributed by atoms with Gasteiger partial charge in [0.05, 0.1) is 29.0 Å². The molecule has 7 nitrogen and oxygen atoms in total. The van der Waals surface area contributed by atoms with Gasteiger partial charge < -0.3 is 15.1 Å². The first-order chi connectivity index (χ1) is 17.3. The molecule has 11 heteroatoms. The van der Waals surface area contributed by atoms with E-state index in [1.54, 1.807) is 12.1 Å². The Hall–Kier alpha value is -3.08. The Morgan fingerprint density at radius 1 is 1.03 bits per heavy atom. The lowest BCUT2D eigenvalue weighted by Gasteiger charge is -2.35. The van der Waals surface area contributed by atoms with E-state index in [9.17, 15) is 31.2 Å². The minimum absolute atomic E-state index is 0.00890. The Morgan fingerprint density at radius 2 is 1.73 bits per heavy atom. The summed E-state index contributed by atoms with van der Waals surface area (Å²) in [5.41, 5.74) is 2.54. The summed E-state index contributed by atoms with van der Waals surface area (Å²) in [5, 5.41) is 2.79. The second kappa shape index (κ2) is 9.04. The maximum absolute atomic E-state index is 13.4. The lowest BCUT2D eigenvalue weighted by molar-refractivity contribution is -0.133. The van der Waals surface area contributed by atoms with Gasteiger partial charge in [0.1, 0.15) is 0 Å². The number of sulfone groups is 1. The molecule has 1 aliphatic carbocycles. The van der Waals surface area contributed by atoms with Crippen molar-refractivity contribution in [3.8, 4) is 0 Å². The zero-order valence-electron chi connectivity index (χ0n) is 20.4. The van der Waals surface area contributed by atoms with Crippen LogP contribution in [0.1, 0.15) is 48.0 Å². The molecule has 1 saturated heterocycles. The average molecular weight is 536 g/mol. The predicted octanol–water partition coefficient (Wildman–Crippen LogP) is 4.56. The van der Waals surface area contributed by atoms with Gasteiger partial charge in [0.15, 0.2) is 9.84 Å². The average Bonchev–Trinajstić information content (AvgIpc) is 3.49. The van der Waals surface area contributed by atoms with Crippen molar-refractivity contribution in [1.82, 2.24) is 0 Å². The molecule has 0 radical (unpaired) electrons. The molecule has 3 aliphatic rings. The van der Waals surface area contributed by atoms with E-state index in [2.05, 4.69) is 5.32 Å². The van der Waals surface area contributed by atoms with Gasteiger partial charge in [-0.05, 0) is 67.0 Å². The van der Waals surface area contributed by atoms with Crippen LogP contribution in [-0.4, -0.2) is 52.3 Å². The number of amides is 2. The van der Waals surface area contributed by atoms with Crippen molar-refractivity contribution in [2.24, 2.45) is 5.41 Å². The van der Waals surface area contributed by atoms with Gasteiger partial charge in [-0.2, -0.15) is 13.2 Å². The number of rotatable bonds is 6. The van der Waals surface area contributed by atoms with Gasteiger partial charge in [0, 0.05) is 37.3 Å². The summed E-state index contributed by atoms with van der Waals surface area (Å²) in [6.07, 6.45) is 0.00976. The number of benzene rings is 2. The van der Waals surface area contributed by atoms with Gasteiger partial charge in [0.2, 0.25) is 5.91 Å². The fraction of sp³-hybridized carbons (Fsp3) is 0.462. The summed E-state index contributed by atoms with van der Waals surface area (Å²) >= 11 is 0. The molecule has 198 valence electrons. The molecule has 2 aliphatic heterocycles. The molecule has 2 aromatic rings. The number of carbonyl (C=O) groups is 2. The molecule has 0 bridgehead atoms. The molecular weight excluding hydrogens is 507 g/mol. The number of hydrogen-bond donors (Lipinski definition) is 1. The number of hydrogen-bond acceptors (Lipinski definition) is 5. The number of carbonyl (C=O) groups excluding carboxylic acids is 2. The quantitative estimate of drug-likeness (QED) is 0.586. The third-order valence-electron chi connectivity index (χ3n) is 7.66. The minimum atomic E-state index is -4.39. The highest BCUT2D eigenvalue weighted by Gasteiger charge is 2.44. The monoisotopic (exact) mass is 535 g/mol. The van der Waals surface area contributed by atoms with Gasteiger partial charge in [-0.1, -0.05) is 6.07 Å². The number of alkyl halides is 3. The molecule has 0 aromatic heterocycles. The van der Waals surface area contributed by atoms with Crippen molar-refractivity contribution >= 4 is 38.7 Å². The Morgan fingerprint density at radius 3 is 2.35 bits per heavy atom. The molecule has 2 fully saturated rings. The Labute approximate surface area is 213 Å². The molecule has 0 unspecified atom stereocenters. The third-order valence-corrected chi connectivity index (χ3v) is 8.77. The van der Waals surface area contributed by atoms with E-state index in [1.165, 1.54) is 37.1 Å². The van der Waals surface area contributed by atoms with Crippen molar-refractivity contribution in [1.29, 1.82) is 0 Å². The fourth-order valence-electron chi connectivity index (χ4n) is 5.21. The topological polar surface area (TPSA) is 86.8 Å². The van der Waals surface area contributed by atoms with Crippen LogP contribution in [0.5, 0.6) is 0 Å². The van der Waals surface area contributed by atoms with Crippen LogP contribution < -0.4 is 15.1 Å². The summed E-state index contributed by atoms with van der Waals surface area (Å²) in [6, 6.07) is 9.19. The van der Waals surface area contributed by atoms with Crippen molar-refractivity contribution in [3.63, 3.8) is 0 Å². The number of anilines is 3. The largest absolute Gasteiger partial charge is 0.390 e. The zero-order valence-corrected chi connectivity index (χ0v) is 21.2. The van der Waals surface area contributed by atoms with E-state index in [1.807, 2.05) is 4.90 Å². The molecule has 2 amide bonds. The molecule has 37 heavy (non-hydrogen) atoms. The Kier molecular flexibility index (Phi) is 6.24. The van der Waals surface area contributed by atoms with Gasteiger partial charge in [-0.25, -0.2) is 8.42 Å². The molecule has 2 heterocycles.